The molecule has 0 unspecified atom stereocenters. The van der Waals surface area contributed by atoms with E-state index in [2.05, 4.69) is 4.98 Å². The van der Waals surface area contributed by atoms with Crippen molar-refractivity contribution in [1.29, 1.82) is 0 Å². The van der Waals surface area contributed by atoms with Gasteiger partial charge in [0.1, 0.15) is 6.10 Å². The number of nitrogens with zero attached hydrogens (tertiary/aromatic N) is 2. The first-order valence-corrected chi connectivity index (χ1v) is 5.02. The minimum absolute atomic E-state index is 0.172. The van der Waals surface area contributed by atoms with E-state index in [-0.39, 0.29) is 6.54 Å². The van der Waals surface area contributed by atoms with Gasteiger partial charge in [0.15, 0.2) is 5.13 Å². The van der Waals surface area contributed by atoms with E-state index in [1.807, 2.05) is 19.0 Å². The summed E-state index contributed by atoms with van der Waals surface area (Å²) >= 11 is 1.38. The quantitative estimate of drug-likeness (QED) is 0.754. The molecule has 0 spiro atoms. The molecule has 0 aliphatic rings. The molecule has 0 saturated heterocycles. The van der Waals surface area contributed by atoms with Crippen molar-refractivity contribution in [2.75, 3.05) is 32.6 Å². The van der Waals surface area contributed by atoms with Crippen LogP contribution in [0.3, 0.4) is 0 Å². The number of nitrogens with two attached hydrogens (primary N) is 1. The summed E-state index contributed by atoms with van der Waals surface area (Å²) in [6.07, 6.45) is -0.698. The van der Waals surface area contributed by atoms with Gasteiger partial charge < -0.3 is 20.5 Å². The third-order valence-corrected chi connectivity index (χ3v) is 3.02. The molecule has 6 heteroatoms. The maximum atomic E-state index is 9.58. The number of methoxy groups -OCH3 is 1. The zero-order valence-corrected chi connectivity index (χ0v) is 9.34. The van der Waals surface area contributed by atoms with Gasteiger partial charge >= 0.3 is 0 Å². The first kappa shape index (κ1) is 11.2. The molecule has 0 fully saturated rings. The highest BCUT2D eigenvalue weighted by molar-refractivity contribution is 7.16. The van der Waals surface area contributed by atoms with Gasteiger partial charge in [-0.25, -0.2) is 0 Å². The van der Waals surface area contributed by atoms with Crippen molar-refractivity contribution in [2.45, 2.75) is 6.10 Å². The van der Waals surface area contributed by atoms with Crippen LogP contribution in [0.25, 0.3) is 0 Å². The van der Waals surface area contributed by atoms with Crippen LogP contribution >= 0.6 is 11.3 Å². The Hall–Kier alpha value is -0.850. The fourth-order valence-corrected chi connectivity index (χ4v) is 1.92. The third-order valence-electron chi connectivity index (χ3n) is 1.71. The average Bonchev–Trinajstić information content (AvgIpc) is 2.60. The number of thiazole rings is 1. The van der Waals surface area contributed by atoms with Crippen LogP contribution in [0, 0.1) is 0 Å². The number of hydrogen-bond acceptors (Lipinski definition) is 6. The number of anilines is 1. The SMILES string of the molecule is COc1nc(N(C)C)sc1[C@@H](O)CN. The number of rotatable bonds is 4. The van der Waals surface area contributed by atoms with Gasteiger partial charge in [0.05, 0.1) is 12.0 Å². The minimum atomic E-state index is -0.698. The van der Waals surface area contributed by atoms with Crippen molar-refractivity contribution in [2.24, 2.45) is 5.73 Å². The fourth-order valence-electron chi connectivity index (χ4n) is 0.962. The summed E-state index contributed by atoms with van der Waals surface area (Å²) in [4.78, 5) is 6.74. The number of hydrogen-bond donors (Lipinski definition) is 2. The van der Waals surface area contributed by atoms with Crippen LogP contribution in [0.2, 0.25) is 0 Å². The molecule has 1 heterocycles. The summed E-state index contributed by atoms with van der Waals surface area (Å²) in [5.74, 6) is 0.455. The molecule has 0 aliphatic carbocycles. The topological polar surface area (TPSA) is 71.6 Å². The first-order valence-electron chi connectivity index (χ1n) is 4.20. The summed E-state index contributed by atoms with van der Waals surface area (Å²) < 4.78 is 5.06. The van der Waals surface area contributed by atoms with Crippen molar-refractivity contribution < 1.29 is 9.84 Å². The van der Waals surface area contributed by atoms with Gasteiger partial charge in [-0.05, 0) is 0 Å². The highest BCUT2D eigenvalue weighted by atomic mass is 32.1. The summed E-state index contributed by atoms with van der Waals surface area (Å²) in [6.45, 7) is 0.172. The van der Waals surface area contributed by atoms with Crippen LogP contribution in [0.5, 0.6) is 5.88 Å². The highest BCUT2D eigenvalue weighted by Crippen LogP contribution is 2.34. The summed E-state index contributed by atoms with van der Waals surface area (Å²) in [5, 5.41) is 10.4. The molecule has 1 aromatic rings. The van der Waals surface area contributed by atoms with E-state index in [9.17, 15) is 5.11 Å². The Labute approximate surface area is 87.1 Å². The van der Waals surface area contributed by atoms with E-state index < -0.39 is 6.10 Å². The van der Waals surface area contributed by atoms with Gasteiger partial charge in [-0.3, -0.25) is 0 Å². The van der Waals surface area contributed by atoms with Gasteiger partial charge in [0, 0.05) is 20.6 Å². The lowest BCUT2D eigenvalue weighted by atomic mass is 10.3. The number of aliphatic hydroxyl groups is 1. The van der Waals surface area contributed by atoms with Crippen molar-refractivity contribution in [3.05, 3.63) is 4.88 Å². The Morgan fingerprint density at radius 3 is 2.71 bits per heavy atom. The largest absolute Gasteiger partial charge is 0.480 e. The first-order chi connectivity index (χ1) is 6.60. The molecule has 0 saturated carbocycles. The molecule has 14 heavy (non-hydrogen) atoms. The van der Waals surface area contributed by atoms with Crippen LogP contribution in [-0.2, 0) is 0 Å². The highest BCUT2D eigenvalue weighted by Gasteiger charge is 2.18. The van der Waals surface area contributed by atoms with E-state index in [0.717, 1.165) is 5.13 Å². The predicted octanol–water partition coefficient (Wildman–Crippen LogP) is 0.210. The number of aromatic nitrogens is 1. The molecular weight excluding hydrogens is 202 g/mol. The second-order valence-electron chi connectivity index (χ2n) is 3.02. The summed E-state index contributed by atoms with van der Waals surface area (Å²) in [5.41, 5.74) is 5.37. The van der Waals surface area contributed by atoms with E-state index in [1.165, 1.54) is 18.4 Å². The van der Waals surface area contributed by atoms with Gasteiger partial charge in [0.25, 0.3) is 0 Å². The lowest BCUT2D eigenvalue weighted by molar-refractivity contribution is 0.185. The van der Waals surface area contributed by atoms with Crippen LogP contribution in [-0.4, -0.2) is 37.8 Å². The Kier molecular flexibility index (Phi) is 3.68. The van der Waals surface area contributed by atoms with E-state index in [0.29, 0.717) is 10.8 Å². The van der Waals surface area contributed by atoms with Crippen LogP contribution < -0.4 is 15.4 Å². The lowest BCUT2D eigenvalue weighted by Crippen LogP contribution is -2.11. The number of ether oxygens (including phenoxy) is 1. The molecule has 0 aromatic carbocycles. The van der Waals surface area contributed by atoms with Crippen molar-refractivity contribution in [3.8, 4) is 5.88 Å². The monoisotopic (exact) mass is 217 g/mol. The second-order valence-corrected chi connectivity index (χ2v) is 4.02. The molecule has 0 amide bonds. The zero-order valence-electron chi connectivity index (χ0n) is 8.52. The number of aliphatic hydroxyl groups excluding tert-OH is 1. The van der Waals surface area contributed by atoms with Gasteiger partial charge in [-0.15, -0.1) is 0 Å². The van der Waals surface area contributed by atoms with Crippen LogP contribution in [0.4, 0.5) is 5.13 Å². The predicted molar refractivity (Wildman–Crippen MR) is 57.0 cm³/mol. The second kappa shape index (κ2) is 4.59. The zero-order chi connectivity index (χ0) is 10.7. The van der Waals surface area contributed by atoms with Crippen molar-refractivity contribution in [1.82, 2.24) is 4.98 Å². The fraction of sp³-hybridized carbons (Fsp3) is 0.625. The summed E-state index contributed by atoms with van der Waals surface area (Å²) in [6, 6.07) is 0. The molecular formula is C8H15N3O2S. The Morgan fingerprint density at radius 1 is 1.64 bits per heavy atom. The molecule has 0 radical (unpaired) electrons. The Bertz CT molecular complexity index is 301. The van der Waals surface area contributed by atoms with Crippen LogP contribution in [0.15, 0.2) is 0 Å². The van der Waals surface area contributed by atoms with Crippen molar-refractivity contribution >= 4 is 16.5 Å². The molecule has 80 valence electrons. The Morgan fingerprint density at radius 2 is 2.29 bits per heavy atom. The standard InChI is InChI=1S/C8H15N3O2S/c1-11(2)8-10-7(13-3)6(14-8)5(12)4-9/h5,12H,4,9H2,1-3H3/t5-/m0/s1. The van der Waals surface area contributed by atoms with Crippen LogP contribution in [0.1, 0.15) is 11.0 Å². The van der Waals surface area contributed by atoms with E-state index in [1.54, 1.807) is 0 Å². The third kappa shape index (κ3) is 2.14. The molecule has 0 aliphatic heterocycles. The minimum Gasteiger partial charge on any atom is -0.480 e. The van der Waals surface area contributed by atoms with Gasteiger partial charge in [-0.1, -0.05) is 11.3 Å². The molecule has 3 N–H and O–H groups in total. The van der Waals surface area contributed by atoms with Crippen molar-refractivity contribution in [3.63, 3.8) is 0 Å². The molecule has 1 rings (SSSR count). The molecule has 1 aromatic heterocycles. The maximum Gasteiger partial charge on any atom is 0.232 e. The van der Waals surface area contributed by atoms with E-state index >= 15 is 0 Å². The molecule has 1 atom stereocenters. The van der Waals surface area contributed by atoms with Gasteiger partial charge in [-0.2, -0.15) is 4.98 Å². The summed E-state index contributed by atoms with van der Waals surface area (Å²) in [7, 11) is 5.30. The van der Waals surface area contributed by atoms with Gasteiger partial charge in [0.2, 0.25) is 5.88 Å². The maximum absolute atomic E-state index is 9.58. The average molecular weight is 217 g/mol. The van der Waals surface area contributed by atoms with E-state index in [4.69, 9.17) is 10.5 Å². The smallest absolute Gasteiger partial charge is 0.232 e. The lowest BCUT2D eigenvalue weighted by Gasteiger charge is -2.06. The molecule has 0 bridgehead atoms. The Balaban J connectivity index is 3.02. The normalized spacial score (nSPS) is 12.6. The molecule has 5 nitrogen and oxygen atoms in total.